The molecule has 0 saturated carbocycles. The third-order valence-electron chi connectivity index (χ3n) is 6.01. The number of aryl methyl sites for hydroxylation is 1. The second-order valence-electron chi connectivity index (χ2n) is 8.30. The van der Waals surface area contributed by atoms with Crippen LogP contribution in [-0.4, -0.2) is 37.8 Å². The summed E-state index contributed by atoms with van der Waals surface area (Å²) in [5.41, 5.74) is 1.40. The maximum atomic E-state index is 13.2. The highest BCUT2D eigenvalue weighted by Gasteiger charge is 2.32. The number of fused-ring (bicyclic) bond motifs is 2. The molecule has 2 N–H and O–H groups in total. The lowest BCUT2D eigenvalue weighted by molar-refractivity contribution is 0.0941. The molecule has 0 radical (unpaired) electrons. The molecule has 11 heteroatoms. The number of anilines is 1. The van der Waals surface area contributed by atoms with E-state index in [0.29, 0.717) is 37.3 Å². The summed E-state index contributed by atoms with van der Waals surface area (Å²) in [6.07, 6.45) is 4.01. The number of nitrogens with one attached hydrogen (secondary N) is 2. The zero-order valence-corrected chi connectivity index (χ0v) is 21.3. The van der Waals surface area contributed by atoms with Gasteiger partial charge in [0.05, 0.1) is 27.1 Å². The minimum Gasteiger partial charge on any atom is -0.348 e. The highest BCUT2D eigenvalue weighted by molar-refractivity contribution is 7.91. The summed E-state index contributed by atoms with van der Waals surface area (Å²) >= 11 is 15.4. The molecule has 3 aromatic rings. The smallest absolute Gasteiger partial charge is 0.267 e. The van der Waals surface area contributed by atoms with Crippen molar-refractivity contribution < 1.29 is 18.0 Å². The van der Waals surface area contributed by atoms with Crippen molar-refractivity contribution in [3.8, 4) is 0 Å². The van der Waals surface area contributed by atoms with Crippen molar-refractivity contribution in [2.45, 2.75) is 38.1 Å². The fourth-order valence-electron chi connectivity index (χ4n) is 4.44. The van der Waals surface area contributed by atoms with Crippen LogP contribution in [0.3, 0.4) is 0 Å². The number of rotatable bonds is 4. The minimum absolute atomic E-state index is 0.0507. The van der Waals surface area contributed by atoms with Gasteiger partial charge in [-0.1, -0.05) is 29.3 Å². The molecule has 1 aliphatic heterocycles. The molecular formula is C22H20Cl2N2O4S3. The van der Waals surface area contributed by atoms with E-state index in [1.807, 2.05) is 6.07 Å². The first-order valence-corrected chi connectivity index (χ1v) is 14.8. The van der Waals surface area contributed by atoms with Crippen LogP contribution in [0.15, 0.2) is 18.2 Å². The Morgan fingerprint density at radius 3 is 2.58 bits per heavy atom. The van der Waals surface area contributed by atoms with Crippen LogP contribution < -0.4 is 10.6 Å². The van der Waals surface area contributed by atoms with Crippen LogP contribution in [0, 0.1) is 0 Å². The van der Waals surface area contributed by atoms with Crippen LogP contribution in [0.4, 0.5) is 5.00 Å². The Hall–Kier alpha value is -1.65. The first-order chi connectivity index (χ1) is 15.7. The number of halogens is 2. The Bertz CT molecular complexity index is 1390. The third-order valence-corrected chi connectivity index (χ3v) is 10.9. The Labute approximate surface area is 209 Å². The summed E-state index contributed by atoms with van der Waals surface area (Å²) in [6.45, 7) is 0. The fraction of sp³-hybridized carbons (Fsp3) is 0.364. The summed E-state index contributed by atoms with van der Waals surface area (Å²) in [4.78, 5) is 27.9. The SMILES string of the molecule is O=C(Nc1sc2c(c1C(=O)NC1CCS(=O)(=O)C1)CCCC2)c1sc2cccc(Cl)c2c1Cl. The van der Waals surface area contributed by atoms with Gasteiger partial charge in [0.25, 0.3) is 11.8 Å². The van der Waals surface area contributed by atoms with Gasteiger partial charge in [-0.3, -0.25) is 9.59 Å². The number of hydrogen-bond donors (Lipinski definition) is 2. The standard InChI is InChI=1S/C22H20Cl2N2O4S3/c23-13-5-3-7-15-17(13)18(24)19(31-15)21(28)26-22-16(12-4-1-2-6-14(12)32-22)20(27)25-11-8-9-33(29,30)10-11/h3,5,7,11H,1-2,4,6,8-10H2,(H,25,27)(H,26,28). The molecule has 2 aliphatic rings. The predicted molar refractivity (Wildman–Crippen MR) is 135 cm³/mol. The molecule has 1 unspecified atom stereocenters. The van der Waals surface area contributed by atoms with Gasteiger partial charge in [-0.15, -0.1) is 22.7 Å². The first-order valence-electron chi connectivity index (χ1n) is 10.6. The van der Waals surface area contributed by atoms with Gasteiger partial charge >= 0.3 is 0 Å². The first kappa shape index (κ1) is 23.1. The minimum atomic E-state index is -3.12. The molecule has 1 saturated heterocycles. The molecule has 3 heterocycles. The van der Waals surface area contributed by atoms with Crippen LogP contribution in [0.1, 0.15) is 49.7 Å². The number of benzene rings is 1. The lowest BCUT2D eigenvalue weighted by Crippen LogP contribution is -2.36. The fourth-order valence-corrected chi connectivity index (χ4v) is 9.24. The van der Waals surface area contributed by atoms with Crippen LogP contribution in [0.25, 0.3) is 10.1 Å². The molecule has 0 spiro atoms. The van der Waals surface area contributed by atoms with Crippen LogP contribution in [0.2, 0.25) is 10.0 Å². The van der Waals surface area contributed by atoms with Crippen LogP contribution in [-0.2, 0) is 22.7 Å². The monoisotopic (exact) mass is 542 g/mol. The maximum absolute atomic E-state index is 13.2. The van der Waals surface area contributed by atoms with E-state index in [1.165, 1.54) is 22.7 Å². The Kier molecular flexibility index (Phi) is 6.20. The van der Waals surface area contributed by atoms with Crippen molar-refractivity contribution in [1.29, 1.82) is 0 Å². The highest BCUT2D eigenvalue weighted by Crippen LogP contribution is 2.42. The van der Waals surface area contributed by atoms with Gasteiger partial charge in [-0.25, -0.2) is 8.42 Å². The average molecular weight is 544 g/mol. The zero-order chi connectivity index (χ0) is 23.3. The van der Waals surface area contributed by atoms with Gasteiger partial charge < -0.3 is 10.6 Å². The number of carbonyl (C=O) groups is 2. The lowest BCUT2D eigenvalue weighted by Gasteiger charge is -2.15. The van der Waals surface area contributed by atoms with Gasteiger partial charge in [-0.05, 0) is 49.8 Å². The molecule has 1 aliphatic carbocycles. The van der Waals surface area contributed by atoms with Gasteiger partial charge in [0, 0.05) is 21.0 Å². The van der Waals surface area contributed by atoms with E-state index in [9.17, 15) is 18.0 Å². The molecular weight excluding hydrogens is 523 g/mol. The number of hydrogen-bond acceptors (Lipinski definition) is 6. The topological polar surface area (TPSA) is 92.3 Å². The molecule has 0 bridgehead atoms. The molecule has 5 rings (SSSR count). The van der Waals surface area contributed by atoms with Crippen molar-refractivity contribution in [2.75, 3.05) is 16.8 Å². The Balaban J connectivity index is 1.47. The number of sulfone groups is 1. The Morgan fingerprint density at radius 1 is 1.06 bits per heavy atom. The van der Waals surface area contributed by atoms with Crippen molar-refractivity contribution in [3.05, 3.63) is 49.1 Å². The number of amides is 2. The molecule has 6 nitrogen and oxygen atoms in total. The van der Waals surface area contributed by atoms with E-state index in [1.54, 1.807) is 12.1 Å². The molecule has 1 fully saturated rings. The number of carbonyl (C=O) groups excluding carboxylic acids is 2. The second kappa shape index (κ2) is 8.85. The van der Waals surface area contributed by atoms with E-state index in [4.69, 9.17) is 23.2 Å². The normalized spacial score (nSPS) is 19.4. The van der Waals surface area contributed by atoms with E-state index in [2.05, 4.69) is 10.6 Å². The molecule has 2 amide bonds. The lowest BCUT2D eigenvalue weighted by atomic mass is 9.95. The molecule has 1 atom stereocenters. The van der Waals surface area contributed by atoms with E-state index in [-0.39, 0.29) is 17.4 Å². The third kappa shape index (κ3) is 4.41. The number of thiophene rings is 2. The van der Waals surface area contributed by atoms with Crippen LogP contribution in [0.5, 0.6) is 0 Å². The van der Waals surface area contributed by atoms with Crippen LogP contribution >= 0.6 is 45.9 Å². The molecule has 33 heavy (non-hydrogen) atoms. The summed E-state index contributed by atoms with van der Waals surface area (Å²) in [6, 6.07) is 4.97. The Morgan fingerprint density at radius 2 is 1.85 bits per heavy atom. The van der Waals surface area contributed by atoms with Crippen molar-refractivity contribution in [1.82, 2.24) is 5.32 Å². The largest absolute Gasteiger partial charge is 0.348 e. The van der Waals surface area contributed by atoms with Crippen molar-refractivity contribution in [2.24, 2.45) is 0 Å². The average Bonchev–Trinajstić information content (AvgIpc) is 3.41. The second-order valence-corrected chi connectivity index (χ2v) is 13.5. The molecule has 2 aromatic heterocycles. The highest BCUT2D eigenvalue weighted by atomic mass is 35.5. The molecule has 1 aromatic carbocycles. The predicted octanol–water partition coefficient (Wildman–Crippen LogP) is 5.32. The maximum Gasteiger partial charge on any atom is 0.267 e. The molecule has 174 valence electrons. The quantitative estimate of drug-likeness (QED) is 0.466. The van der Waals surface area contributed by atoms with Gasteiger partial charge in [0.1, 0.15) is 9.88 Å². The van der Waals surface area contributed by atoms with Crippen molar-refractivity contribution >= 4 is 82.6 Å². The summed E-state index contributed by atoms with van der Waals surface area (Å²) in [5.74, 6) is -0.702. The summed E-state index contributed by atoms with van der Waals surface area (Å²) in [5, 5.41) is 7.68. The van der Waals surface area contributed by atoms with Gasteiger partial charge in [0.2, 0.25) is 0 Å². The van der Waals surface area contributed by atoms with E-state index in [0.717, 1.165) is 40.8 Å². The van der Waals surface area contributed by atoms with Crippen molar-refractivity contribution in [3.63, 3.8) is 0 Å². The summed E-state index contributed by atoms with van der Waals surface area (Å²) in [7, 11) is -3.12. The van der Waals surface area contributed by atoms with E-state index >= 15 is 0 Å². The zero-order valence-electron chi connectivity index (χ0n) is 17.4. The van der Waals surface area contributed by atoms with E-state index < -0.39 is 21.8 Å². The summed E-state index contributed by atoms with van der Waals surface area (Å²) < 4.78 is 24.4. The van der Waals surface area contributed by atoms with Gasteiger partial charge in [0.15, 0.2) is 9.84 Å². The van der Waals surface area contributed by atoms with Gasteiger partial charge in [-0.2, -0.15) is 0 Å².